The molecule has 0 aliphatic carbocycles. The van der Waals surface area contributed by atoms with Crippen molar-refractivity contribution in [3.8, 4) is 5.75 Å². The molecule has 1 unspecified atom stereocenters. The highest BCUT2D eigenvalue weighted by Gasteiger charge is 2.28. The number of fused-ring (bicyclic) bond motifs is 2. The maximum absolute atomic E-state index is 13.0. The third-order valence-corrected chi connectivity index (χ3v) is 8.07. The van der Waals surface area contributed by atoms with E-state index in [0.29, 0.717) is 5.69 Å². The number of hydrogen-bond acceptors (Lipinski definition) is 6. The molecule has 2 aliphatic heterocycles. The van der Waals surface area contributed by atoms with Crippen LogP contribution in [0.25, 0.3) is 0 Å². The first-order valence-electron chi connectivity index (χ1n) is 10.1. The summed E-state index contributed by atoms with van der Waals surface area (Å²) in [6, 6.07) is 14.5. The maximum Gasteiger partial charge on any atom is 0.261 e. The number of nitrogens with zero attached hydrogens (tertiary/aromatic N) is 1. The van der Waals surface area contributed by atoms with Crippen molar-refractivity contribution in [3.05, 3.63) is 72.1 Å². The van der Waals surface area contributed by atoms with Crippen LogP contribution in [0.15, 0.2) is 70.7 Å². The lowest BCUT2D eigenvalue weighted by atomic mass is 9.94. The average molecular weight is 454 g/mol. The van der Waals surface area contributed by atoms with E-state index < -0.39 is 10.0 Å². The van der Waals surface area contributed by atoms with Gasteiger partial charge < -0.3 is 10.1 Å². The van der Waals surface area contributed by atoms with Gasteiger partial charge in [-0.25, -0.2) is 8.42 Å². The van der Waals surface area contributed by atoms with Gasteiger partial charge in [-0.3, -0.25) is 9.71 Å². The Balaban J connectivity index is 1.36. The fourth-order valence-corrected chi connectivity index (χ4v) is 6.02. The van der Waals surface area contributed by atoms with Crippen LogP contribution in [-0.4, -0.2) is 19.0 Å². The molecule has 0 saturated heterocycles. The molecule has 2 aliphatic rings. The molecule has 6 nitrogen and oxygen atoms in total. The zero-order chi connectivity index (χ0) is 21.6. The molecule has 2 N–H and O–H groups in total. The van der Waals surface area contributed by atoms with Crippen LogP contribution < -0.4 is 14.8 Å². The van der Waals surface area contributed by atoms with Gasteiger partial charge in [-0.2, -0.15) is 0 Å². The highest BCUT2D eigenvalue weighted by Crippen LogP contribution is 2.46. The fraction of sp³-hybridized carbons (Fsp3) is 0.261. The molecule has 2 aromatic carbocycles. The predicted octanol–water partition coefficient (Wildman–Crippen LogP) is 5.20. The minimum atomic E-state index is -3.71. The number of anilines is 2. The van der Waals surface area contributed by atoms with E-state index in [4.69, 9.17) is 4.74 Å². The first-order valence-corrected chi connectivity index (χ1v) is 12.5. The number of rotatable bonds is 4. The highest BCUT2D eigenvalue weighted by atomic mass is 32.2. The number of sulfonamides is 1. The van der Waals surface area contributed by atoms with Crippen LogP contribution in [-0.2, 0) is 16.4 Å². The second kappa shape index (κ2) is 7.46. The Bertz CT molecular complexity index is 1230. The van der Waals surface area contributed by atoms with E-state index in [1.165, 1.54) is 0 Å². The summed E-state index contributed by atoms with van der Waals surface area (Å²) in [5.74, 6) is 0.760. The molecule has 0 amide bonds. The van der Waals surface area contributed by atoms with Gasteiger partial charge >= 0.3 is 0 Å². The van der Waals surface area contributed by atoms with Gasteiger partial charge in [0.25, 0.3) is 10.0 Å². The molecule has 160 valence electrons. The topological polar surface area (TPSA) is 80.3 Å². The zero-order valence-corrected chi connectivity index (χ0v) is 18.9. The third-order valence-electron chi connectivity index (χ3n) is 5.48. The van der Waals surface area contributed by atoms with E-state index in [2.05, 4.69) is 15.0 Å². The SMILES string of the molecule is CC1(C)CCc2cc(S(=O)(=O)Nc3cccc(C4Nc5ccncc5S4)c3)ccc2O1. The Kier molecular flexibility index (Phi) is 4.86. The Morgan fingerprint density at radius 1 is 1.19 bits per heavy atom. The van der Waals surface area contributed by atoms with Crippen molar-refractivity contribution in [1.82, 2.24) is 4.98 Å². The largest absolute Gasteiger partial charge is 0.488 e. The van der Waals surface area contributed by atoms with Crippen LogP contribution in [0.3, 0.4) is 0 Å². The normalized spacial score (nSPS) is 19.0. The van der Waals surface area contributed by atoms with Gasteiger partial charge in [0, 0.05) is 18.1 Å². The summed E-state index contributed by atoms with van der Waals surface area (Å²) in [5, 5.41) is 3.45. The van der Waals surface area contributed by atoms with Crippen molar-refractivity contribution in [1.29, 1.82) is 0 Å². The smallest absolute Gasteiger partial charge is 0.261 e. The van der Waals surface area contributed by atoms with Gasteiger partial charge in [0.1, 0.15) is 16.7 Å². The van der Waals surface area contributed by atoms with Gasteiger partial charge in [0.2, 0.25) is 0 Å². The van der Waals surface area contributed by atoms with Gasteiger partial charge in [0.05, 0.1) is 15.5 Å². The Morgan fingerprint density at radius 2 is 2.06 bits per heavy atom. The molecule has 0 spiro atoms. The van der Waals surface area contributed by atoms with Crippen molar-refractivity contribution in [2.45, 2.75) is 47.5 Å². The minimum Gasteiger partial charge on any atom is -0.488 e. The summed E-state index contributed by atoms with van der Waals surface area (Å²) >= 11 is 1.66. The number of aromatic nitrogens is 1. The van der Waals surface area contributed by atoms with E-state index in [9.17, 15) is 8.42 Å². The standard InChI is InChI=1S/C23H23N3O3S2/c1-23(2)10-8-15-13-18(6-7-20(15)29-23)31(27,28)26-17-5-3-4-16(12-17)22-25-19-9-11-24-14-21(19)30-22/h3-7,9,11-14,22,25-26H,8,10H2,1-2H3. The summed E-state index contributed by atoms with van der Waals surface area (Å²) in [7, 11) is -3.71. The fourth-order valence-electron chi connectivity index (χ4n) is 3.82. The summed E-state index contributed by atoms with van der Waals surface area (Å²) in [4.78, 5) is 5.48. The Labute approximate surface area is 186 Å². The van der Waals surface area contributed by atoms with Crippen molar-refractivity contribution < 1.29 is 13.2 Å². The van der Waals surface area contributed by atoms with Crippen LogP contribution in [0.5, 0.6) is 5.75 Å². The van der Waals surface area contributed by atoms with Crippen LogP contribution in [0.1, 0.15) is 36.8 Å². The van der Waals surface area contributed by atoms with E-state index >= 15 is 0 Å². The van der Waals surface area contributed by atoms with Crippen LogP contribution >= 0.6 is 11.8 Å². The summed E-state index contributed by atoms with van der Waals surface area (Å²) < 4.78 is 34.8. The monoisotopic (exact) mass is 453 g/mol. The number of nitrogens with one attached hydrogen (secondary N) is 2. The van der Waals surface area contributed by atoms with E-state index in [1.54, 1.807) is 42.2 Å². The first kappa shape index (κ1) is 20.2. The van der Waals surface area contributed by atoms with Crippen LogP contribution in [0, 0.1) is 0 Å². The number of hydrogen-bond donors (Lipinski definition) is 2. The second-order valence-electron chi connectivity index (χ2n) is 8.38. The third kappa shape index (κ3) is 4.09. The number of pyridine rings is 1. The molecule has 3 heterocycles. The predicted molar refractivity (Wildman–Crippen MR) is 123 cm³/mol. The molecule has 3 aromatic rings. The quantitative estimate of drug-likeness (QED) is 0.565. The van der Waals surface area contributed by atoms with Crippen molar-refractivity contribution in [2.24, 2.45) is 0 Å². The Morgan fingerprint density at radius 3 is 2.90 bits per heavy atom. The molecule has 0 bridgehead atoms. The molecule has 0 saturated carbocycles. The number of thioether (sulfide) groups is 1. The molecule has 1 aromatic heterocycles. The zero-order valence-electron chi connectivity index (χ0n) is 17.3. The number of ether oxygens (including phenoxy) is 1. The van der Waals surface area contributed by atoms with E-state index in [-0.39, 0.29) is 15.9 Å². The lowest BCUT2D eigenvalue weighted by Gasteiger charge is -2.32. The summed E-state index contributed by atoms with van der Waals surface area (Å²) in [6.45, 7) is 4.09. The molecule has 31 heavy (non-hydrogen) atoms. The van der Waals surface area contributed by atoms with E-state index in [1.807, 2.05) is 44.3 Å². The lowest BCUT2D eigenvalue weighted by Crippen LogP contribution is -2.32. The van der Waals surface area contributed by atoms with Gasteiger partial charge in [-0.15, -0.1) is 0 Å². The summed E-state index contributed by atoms with van der Waals surface area (Å²) in [5.41, 5.74) is 3.25. The Hall–Kier alpha value is -2.71. The maximum atomic E-state index is 13.0. The van der Waals surface area contributed by atoms with Crippen LogP contribution in [0.4, 0.5) is 11.4 Å². The molecule has 5 rings (SSSR count). The van der Waals surface area contributed by atoms with E-state index in [0.717, 1.165) is 40.3 Å². The summed E-state index contributed by atoms with van der Waals surface area (Å²) in [6.07, 6.45) is 5.23. The van der Waals surface area contributed by atoms with Crippen molar-refractivity contribution in [3.63, 3.8) is 0 Å². The number of benzene rings is 2. The van der Waals surface area contributed by atoms with Crippen LogP contribution in [0.2, 0.25) is 0 Å². The van der Waals surface area contributed by atoms with Gasteiger partial charge in [0.15, 0.2) is 0 Å². The second-order valence-corrected chi connectivity index (χ2v) is 11.2. The number of aryl methyl sites for hydroxylation is 1. The van der Waals surface area contributed by atoms with Gasteiger partial charge in [-0.05, 0) is 74.2 Å². The molecule has 0 fully saturated rings. The molecule has 8 heteroatoms. The molecular weight excluding hydrogens is 430 g/mol. The van der Waals surface area contributed by atoms with Crippen molar-refractivity contribution >= 4 is 33.2 Å². The first-order chi connectivity index (χ1) is 14.8. The molecular formula is C23H23N3O3S2. The minimum absolute atomic E-state index is 0.00732. The molecule has 1 atom stereocenters. The van der Waals surface area contributed by atoms with Crippen molar-refractivity contribution in [2.75, 3.05) is 10.0 Å². The molecule has 0 radical (unpaired) electrons. The average Bonchev–Trinajstić information content (AvgIpc) is 3.17. The van der Waals surface area contributed by atoms with Gasteiger partial charge in [-0.1, -0.05) is 23.9 Å². The highest BCUT2D eigenvalue weighted by molar-refractivity contribution is 8.00. The lowest BCUT2D eigenvalue weighted by molar-refractivity contribution is 0.0845.